The smallest absolute Gasteiger partial charge is 0.274 e. The highest BCUT2D eigenvalue weighted by molar-refractivity contribution is 5.95. The molecule has 7 heteroatoms. The van der Waals surface area contributed by atoms with Crippen molar-refractivity contribution in [3.05, 3.63) is 69.8 Å². The van der Waals surface area contributed by atoms with Gasteiger partial charge in [0.2, 0.25) is 11.8 Å². The Morgan fingerprint density at radius 3 is 2.42 bits per heavy atom. The van der Waals surface area contributed by atoms with Gasteiger partial charge >= 0.3 is 0 Å². The molecule has 0 spiro atoms. The number of nitro groups is 1. The quantitative estimate of drug-likeness (QED) is 0.627. The van der Waals surface area contributed by atoms with Gasteiger partial charge in [-0.25, -0.2) is 0 Å². The molecule has 0 heterocycles. The molecule has 2 aromatic carbocycles. The fraction of sp³-hybridized carbons (Fsp3) is 0.176. The van der Waals surface area contributed by atoms with Crippen LogP contribution < -0.4 is 10.6 Å². The van der Waals surface area contributed by atoms with E-state index in [4.69, 9.17) is 0 Å². The van der Waals surface area contributed by atoms with E-state index < -0.39 is 10.8 Å². The van der Waals surface area contributed by atoms with E-state index in [9.17, 15) is 19.7 Å². The Kier molecular flexibility index (Phi) is 5.62. The molecule has 24 heavy (non-hydrogen) atoms. The van der Waals surface area contributed by atoms with E-state index in [1.54, 1.807) is 13.0 Å². The maximum atomic E-state index is 11.9. The minimum Gasteiger partial charge on any atom is -0.347 e. The molecule has 7 nitrogen and oxygen atoms in total. The van der Waals surface area contributed by atoms with Gasteiger partial charge in [0, 0.05) is 6.07 Å². The minimum atomic E-state index is -0.507. The van der Waals surface area contributed by atoms with Gasteiger partial charge in [-0.15, -0.1) is 0 Å². The molecule has 0 atom stereocenters. The van der Waals surface area contributed by atoms with Crippen LogP contribution in [0.5, 0.6) is 0 Å². The molecule has 0 radical (unpaired) electrons. The summed E-state index contributed by atoms with van der Waals surface area (Å²) in [5.41, 5.74) is 1.50. The number of hydrogen-bond donors (Lipinski definition) is 2. The zero-order chi connectivity index (χ0) is 17.5. The third-order valence-electron chi connectivity index (χ3n) is 3.43. The number of nitrogens with one attached hydrogen (secondary N) is 2. The number of nitrogens with zero attached hydrogens (tertiary/aromatic N) is 1. The van der Waals surface area contributed by atoms with E-state index in [0.717, 1.165) is 5.56 Å². The zero-order valence-electron chi connectivity index (χ0n) is 13.1. The standard InChI is InChI=1S/C17H17N3O4/c1-12-14(8-5-9-15(12)20(23)24)19-17(22)11-18-16(21)10-13-6-3-2-4-7-13/h2-9H,10-11H2,1H3,(H,18,21)(H,19,22). The fourth-order valence-electron chi connectivity index (χ4n) is 2.17. The summed E-state index contributed by atoms with van der Waals surface area (Å²) in [5, 5.41) is 16.0. The molecule has 0 saturated carbocycles. The molecule has 124 valence electrons. The van der Waals surface area contributed by atoms with E-state index >= 15 is 0 Å². The van der Waals surface area contributed by atoms with Crippen molar-refractivity contribution in [3.63, 3.8) is 0 Å². The molecule has 2 amide bonds. The van der Waals surface area contributed by atoms with Crippen LogP contribution in [0.4, 0.5) is 11.4 Å². The largest absolute Gasteiger partial charge is 0.347 e. The second kappa shape index (κ2) is 7.87. The lowest BCUT2D eigenvalue weighted by molar-refractivity contribution is -0.385. The fourth-order valence-corrected chi connectivity index (χ4v) is 2.17. The van der Waals surface area contributed by atoms with E-state index in [-0.39, 0.29) is 24.6 Å². The molecule has 0 aromatic heterocycles. The van der Waals surface area contributed by atoms with Crippen molar-refractivity contribution in [3.8, 4) is 0 Å². The average molecular weight is 327 g/mol. The third kappa shape index (κ3) is 4.64. The predicted molar refractivity (Wildman–Crippen MR) is 89.6 cm³/mol. The van der Waals surface area contributed by atoms with Crippen LogP contribution in [0.1, 0.15) is 11.1 Å². The lowest BCUT2D eigenvalue weighted by Gasteiger charge is -2.09. The van der Waals surface area contributed by atoms with E-state index in [2.05, 4.69) is 10.6 Å². The predicted octanol–water partition coefficient (Wildman–Crippen LogP) is 2.20. The van der Waals surface area contributed by atoms with Gasteiger partial charge in [0.1, 0.15) is 0 Å². The first-order chi connectivity index (χ1) is 11.5. The van der Waals surface area contributed by atoms with Crippen LogP contribution in [0, 0.1) is 17.0 Å². The summed E-state index contributed by atoms with van der Waals surface area (Å²) < 4.78 is 0. The molecule has 0 saturated heterocycles. The zero-order valence-corrected chi connectivity index (χ0v) is 13.1. The Morgan fingerprint density at radius 2 is 1.75 bits per heavy atom. The summed E-state index contributed by atoms with van der Waals surface area (Å²) in [5.74, 6) is -0.716. The summed E-state index contributed by atoms with van der Waals surface area (Å²) in [6.07, 6.45) is 0.184. The molecular formula is C17H17N3O4. The van der Waals surface area contributed by atoms with E-state index in [1.807, 2.05) is 30.3 Å². The highest BCUT2D eigenvalue weighted by atomic mass is 16.6. The van der Waals surface area contributed by atoms with Crippen LogP contribution in [0.15, 0.2) is 48.5 Å². The van der Waals surface area contributed by atoms with Gasteiger partial charge in [0.25, 0.3) is 5.69 Å². The molecule has 0 aliphatic carbocycles. The lowest BCUT2D eigenvalue weighted by atomic mass is 10.1. The number of hydrogen-bond acceptors (Lipinski definition) is 4. The van der Waals surface area contributed by atoms with Crippen LogP contribution in [-0.2, 0) is 16.0 Å². The van der Waals surface area contributed by atoms with Gasteiger partial charge in [-0.3, -0.25) is 19.7 Å². The molecule has 0 unspecified atom stereocenters. The van der Waals surface area contributed by atoms with Gasteiger partial charge in [0.15, 0.2) is 0 Å². The number of carbonyl (C=O) groups is 2. The second-order valence-electron chi connectivity index (χ2n) is 5.19. The second-order valence-corrected chi connectivity index (χ2v) is 5.19. The van der Waals surface area contributed by atoms with E-state index in [0.29, 0.717) is 11.3 Å². The SMILES string of the molecule is Cc1c(NC(=O)CNC(=O)Cc2ccccc2)cccc1[N+](=O)[O-]. The van der Waals surface area contributed by atoms with Crippen molar-refractivity contribution in [1.82, 2.24) is 5.32 Å². The molecular weight excluding hydrogens is 310 g/mol. The molecule has 2 rings (SSSR count). The topological polar surface area (TPSA) is 101 Å². The van der Waals surface area contributed by atoms with Crippen LogP contribution in [-0.4, -0.2) is 23.3 Å². The normalized spacial score (nSPS) is 10.0. The van der Waals surface area contributed by atoms with Crippen molar-refractivity contribution in [1.29, 1.82) is 0 Å². The number of nitro benzene ring substituents is 1. The molecule has 2 aromatic rings. The van der Waals surface area contributed by atoms with Crippen molar-refractivity contribution in [2.45, 2.75) is 13.3 Å². The maximum Gasteiger partial charge on any atom is 0.274 e. The summed E-state index contributed by atoms with van der Waals surface area (Å²) in [7, 11) is 0. The van der Waals surface area contributed by atoms with Crippen molar-refractivity contribution >= 4 is 23.2 Å². The van der Waals surface area contributed by atoms with Gasteiger partial charge in [-0.1, -0.05) is 36.4 Å². The van der Waals surface area contributed by atoms with Crippen molar-refractivity contribution in [2.24, 2.45) is 0 Å². The lowest BCUT2D eigenvalue weighted by Crippen LogP contribution is -2.33. The summed E-state index contributed by atoms with van der Waals surface area (Å²) in [4.78, 5) is 34.1. The van der Waals surface area contributed by atoms with Crippen LogP contribution in [0.25, 0.3) is 0 Å². The van der Waals surface area contributed by atoms with Gasteiger partial charge < -0.3 is 10.6 Å². The molecule has 2 N–H and O–H groups in total. The highest BCUT2D eigenvalue weighted by Crippen LogP contribution is 2.24. The Hall–Kier alpha value is -3.22. The van der Waals surface area contributed by atoms with Gasteiger partial charge in [0.05, 0.1) is 29.1 Å². The number of benzene rings is 2. The molecule has 0 aliphatic rings. The first kappa shape index (κ1) is 17.1. The number of carbonyl (C=O) groups excluding carboxylic acids is 2. The van der Waals surface area contributed by atoms with Crippen LogP contribution in [0.2, 0.25) is 0 Å². The summed E-state index contributed by atoms with van der Waals surface area (Å²) in [6.45, 7) is 1.36. The first-order valence-corrected chi connectivity index (χ1v) is 7.32. The molecule has 0 fully saturated rings. The van der Waals surface area contributed by atoms with Gasteiger partial charge in [-0.05, 0) is 18.6 Å². The Balaban J connectivity index is 1.89. The van der Waals surface area contributed by atoms with Crippen LogP contribution in [0.3, 0.4) is 0 Å². The highest BCUT2D eigenvalue weighted by Gasteiger charge is 2.15. The van der Waals surface area contributed by atoms with Crippen molar-refractivity contribution in [2.75, 3.05) is 11.9 Å². The number of anilines is 1. The summed E-state index contributed by atoms with van der Waals surface area (Å²) in [6, 6.07) is 13.6. The number of amides is 2. The van der Waals surface area contributed by atoms with Crippen LogP contribution >= 0.6 is 0 Å². The average Bonchev–Trinajstić information content (AvgIpc) is 2.55. The maximum absolute atomic E-state index is 11.9. The summed E-state index contributed by atoms with van der Waals surface area (Å²) >= 11 is 0. The van der Waals surface area contributed by atoms with Gasteiger partial charge in [-0.2, -0.15) is 0 Å². The monoisotopic (exact) mass is 327 g/mol. The first-order valence-electron chi connectivity index (χ1n) is 7.32. The Labute approximate surface area is 138 Å². The number of rotatable bonds is 6. The molecule has 0 aliphatic heterocycles. The third-order valence-corrected chi connectivity index (χ3v) is 3.43. The van der Waals surface area contributed by atoms with Crippen molar-refractivity contribution < 1.29 is 14.5 Å². The Bertz CT molecular complexity index is 760. The van der Waals surface area contributed by atoms with E-state index in [1.165, 1.54) is 12.1 Å². The Morgan fingerprint density at radius 1 is 1.04 bits per heavy atom. The molecule has 0 bridgehead atoms. The minimum absolute atomic E-state index is 0.0686.